The molecule has 0 saturated carbocycles. The molecular weight excluding hydrogens is 310 g/mol. The molecule has 1 aromatic carbocycles. The van der Waals surface area contributed by atoms with E-state index in [1.807, 2.05) is 18.2 Å². The molecule has 0 aliphatic carbocycles. The molecule has 2 rings (SSSR count). The van der Waals surface area contributed by atoms with Crippen LogP contribution in [0, 0.1) is 11.3 Å². The summed E-state index contributed by atoms with van der Waals surface area (Å²) < 4.78 is 12.7. The summed E-state index contributed by atoms with van der Waals surface area (Å²) in [5.74, 6) is 0. The molecular formula is C13H16BrNO2Si. The zero-order valence-electron chi connectivity index (χ0n) is 10.8. The van der Waals surface area contributed by atoms with Gasteiger partial charge < -0.3 is 9.16 Å². The Morgan fingerprint density at radius 2 is 2.17 bits per heavy atom. The molecule has 1 aliphatic heterocycles. The summed E-state index contributed by atoms with van der Waals surface area (Å²) in [6, 6.07) is 8.23. The fraction of sp³-hybridized carbons (Fsp3) is 0.462. The standard InChI is InChI=1S/C13H16BrNO2Si/c1-18(2,3)17-13(8-15)9-16-7-10-6-11(14)4-5-12(10)13/h4-6H,7,9H2,1-3H3. The van der Waals surface area contributed by atoms with Crippen molar-refractivity contribution in [1.82, 2.24) is 0 Å². The van der Waals surface area contributed by atoms with Crippen molar-refractivity contribution in [3.63, 3.8) is 0 Å². The van der Waals surface area contributed by atoms with Gasteiger partial charge in [0.05, 0.1) is 13.2 Å². The number of nitrogens with zero attached hydrogens (tertiary/aromatic N) is 1. The Kier molecular flexibility index (Phi) is 3.65. The quantitative estimate of drug-likeness (QED) is 0.781. The third kappa shape index (κ3) is 2.67. The van der Waals surface area contributed by atoms with Crippen LogP contribution in [0.5, 0.6) is 0 Å². The minimum Gasteiger partial charge on any atom is -0.395 e. The van der Waals surface area contributed by atoms with Crippen molar-refractivity contribution in [1.29, 1.82) is 5.26 Å². The normalized spacial score (nSPS) is 23.3. The van der Waals surface area contributed by atoms with Crippen LogP contribution in [0.25, 0.3) is 0 Å². The minimum atomic E-state index is -1.83. The first-order valence-corrected chi connectivity index (χ1v) is 10.0. The minimum absolute atomic E-state index is 0.308. The first kappa shape index (κ1) is 13.8. The van der Waals surface area contributed by atoms with Crippen molar-refractivity contribution in [2.45, 2.75) is 31.8 Å². The number of ether oxygens (including phenoxy) is 1. The fourth-order valence-corrected chi connectivity index (χ4v) is 3.85. The lowest BCUT2D eigenvalue weighted by Crippen LogP contribution is -2.45. The Morgan fingerprint density at radius 1 is 1.44 bits per heavy atom. The van der Waals surface area contributed by atoms with E-state index >= 15 is 0 Å². The summed E-state index contributed by atoms with van der Waals surface area (Å²) in [4.78, 5) is 0. The molecule has 1 atom stereocenters. The van der Waals surface area contributed by atoms with Gasteiger partial charge in [-0.15, -0.1) is 0 Å². The third-order valence-electron chi connectivity index (χ3n) is 2.73. The molecule has 0 amide bonds. The first-order valence-electron chi connectivity index (χ1n) is 5.84. The molecule has 0 spiro atoms. The topological polar surface area (TPSA) is 42.2 Å². The molecule has 18 heavy (non-hydrogen) atoms. The SMILES string of the molecule is C[Si](C)(C)OC1(C#N)COCc2cc(Br)ccc21. The zero-order valence-corrected chi connectivity index (χ0v) is 13.4. The highest BCUT2D eigenvalue weighted by Crippen LogP contribution is 2.36. The molecule has 96 valence electrons. The molecule has 0 aromatic heterocycles. The molecule has 1 heterocycles. The number of halogens is 1. The van der Waals surface area contributed by atoms with Gasteiger partial charge in [-0.05, 0) is 37.3 Å². The zero-order chi connectivity index (χ0) is 13.4. The Labute approximate surface area is 117 Å². The first-order chi connectivity index (χ1) is 8.36. The van der Waals surface area contributed by atoms with Gasteiger partial charge in [0.15, 0.2) is 13.9 Å². The summed E-state index contributed by atoms with van der Waals surface area (Å²) in [6.45, 7) is 7.09. The van der Waals surface area contributed by atoms with Gasteiger partial charge >= 0.3 is 0 Å². The van der Waals surface area contributed by atoms with Crippen LogP contribution in [-0.4, -0.2) is 14.9 Å². The highest BCUT2D eigenvalue weighted by molar-refractivity contribution is 9.10. The number of benzene rings is 1. The second kappa shape index (κ2) is 4.78. The van der Waals surface area contributed by atoms with E-state index in [9.17, 15) is 5.26 Å². The van der Waals surface area contributed by atoms with Crippen LogP contribution in [0.4, 0.5) is 0 Å². The fourth-order valence-electron chi connectivity index (χ4n) is 2.18. The Hall–Kier alpha value is -0.673. The molecule has 0 saturated heterocycles. The number of hydrogen-bond donors (Lipinski definition) is 0. The van der Waals surface area contributed by atoms with Crippen LogP contribution >= 0.6 is 15.9 Å². The van der Waals surface area contributed by atoms with Crippen LogP contribution in [0.3, 0.4) is 0 Å². The molecule has 1 aliphatic rings. The summed E-state index contributed by atoms with van der Waals surface area (Å²) in [5, 5.41) is 9.58. The van der Waals surface area contributed by atoms with E-state index in [0.29, 0.717) is 13.2 Å². The van der Waals surface area contributed by atoms with Gasteiger partial charge in [0, 0.05) is 10.0 Å². The second-order valence-electron chi connectivity index (χ2n) is 5.45. The monoisotopic (exact) mass is 325 g/mol. The van der Waals surface area contributed by atoms with Crippen LogP contribution < -0.4 is 0 Å². The van der Waals surface area contributed by atoms with Gasteiger partial charge in [-0.1, -0.05) is 22.0 Å². The van der Waals surface area contributed by atoms with Gasteiger partial charge in [0.2, 0.25) is 0 Å². The third-order valence-corrected chi connectivity index (χ3v) is 4.18. The highest BCUT2D eigenvalue weighted by atomic mass is 79.9. The average Bonchev–Trinajstić information content (AvgIpc) is 2.26. The number of nitriles is 1. The van der Waals surface area contributed by atoms with Crippen LogP contribution in [-0.2, 0) is 21.4 Å². The number of hydrogen-bond acceptors (Lipinski definition) is 3. The van der Waals surface area contributed by atoms with Gasteiger partial charge in [-0.3, -0.25) is 0 Å². The molecule has 0 fully saturated rings. The van der Waals surface area contributed by atoms with Crippen molar-refractivity contribution >= 4 is 24.2 Å². The van der Waals surface area contributed by atoms with Crippen molar-refractivity contribution < 1.29 is 9.16 Å². The molecule has 0 N–H and O–H groups in total. The predicted octanol–water partition coefficient (Wildman–Crippen LogP) is 3.55. The van der Waals surface area contributed by atoms with Crippen molar-refractivity contribution in [3.05, 3.63) is 33.8 Å². The highest BCUT2D eigenvalue weighted by Gasteiger charge is 2.42. The molecule has 0 radical (unpaired) electrons. The lowest BCUT2D eigenvalue weighted by Gasteiger charge is -2.37. The largest absolute Gasteiger partial charge is 0.395 e. The Balaban J connectivity index is 2.50. The maximum absolute atomic E-state index is 9.58. The van der Waals surface area contributed by atoms with Crippen LogP contribution in [0.1, 0.15) is 11.1 Å². The summed E-state index contributed by atoms with van der Waals surface area (Å²) in [7, 11) is -1.83. The molecule has 1 aromatic rings. The van der Waals surface area contributed by atoms with Crippen molar-refractivity contribution in [2.24, 2.45) is 0 Å². The van der Waals surface area contributed by atoms with Gasteiger partial charge in [-0.25, -0.2) is 0 Å². The van der Waals surface area contributed by atoms with Crippen molar-refractivity contribution in [2.75, 3.05) is 6.61 Å². The molecule has 3 nitrogen and oxygen atoms in total. The van der Waals surface area contributed by atoms with Crippen LogP contribution in [0.15, 0.2) is 22.7 Å². The van der Waals surface area contributed by atoms with E-state index in [2.05, 4.69) is 41.6 Å². The molecule has 5 heteroatoms. The Bertz CT molecular complexity index is 507. The van der Waals surface area contributed by atoms with Crippen molar-refractivity contribution in [3.8, 4) is 6.07 Å². The van der Waals surface area contributed by atoms with E-state index in [-0.39, 0.29) is 0 Å². The van der Waals surface area contributed by atoms with E-state index < -0.39 is 13.9 Å². The number of fused-ring (bicyclic) bond motifs is 1. The Morgan fingerprint density at radius 3 is 2.78 bits per heavy atom. The summed E-state index contributed by atoms with van der Waals surface area (Å²) >= 11 is 3.44. The number of rotatable bonds is 2. The van der Waals surface area contributed by atoms with Gasteiger partial charge in [0.1, 0.15) is 6.07 Å². The predicted molar refractivity (Wildman–Crippen MR) is 75.5 cm³/mol. The maximum Gasteiger partial charge on any atom is 0.194 e. The van der Waals surface area contributed by atoms with Crippen LogP contribution in [0.2, 0.25) is 19.6 Å². The van der Waals surface area contributed by atoms with Gasteiger partial charge in [0.25, 0.3) is 0 Å². The lowest BCUT2D eigenvalue weighted by molar-refractivity contribution is -0.0241. The van der Waals surface area contributed by atoms with E-state index in [1.54, 1.807) is 0 Å². The lowest BCUT2D eigenvalue weighted by atomic mass is 9.90. The van der Waals surface area contributed by atoms with E-state index in [4.69, 9.17) is 9.16 Å². The maximum atomic E-state index is 9.58. The summed E-state index contributed by atoms with van der Waals surface area (Å²) in [6.07, 6.45) is 0. The van der Waals surface area contributed by atoms with Gasteiger partial charge in [-0.2, -0.15) is 5.26 Å². The smallest absolute Gasteiger partial charge is 0.194 e. The molecule has 1 unspecified atom stereocenters. The summed E-state index contributed by atoms with van der Waals surface area (Å²) in [5.41, 5.74) is 1.02. The van der Waals surface area contributed by atoms with E-state index in [1.165, 1.54) is 0 Å². The average molecular weight is 326 g/mol. The molecule has 0 bridgehead atoms. The van der Waals surface area contributed by atoms with E-state index in [0.717, 1.165) is 15.6 Å². The second-order valence-corrected chi connectivity index (χ2v) is 10.8.